The molecule has 2 saturated heterocycles. The molecule has 6 amide bonds. The van der Waals surface area contributed by atoms with E-state index < -0.39 is 24.0 Å². The van der Waals surface area contributed by atoms with Crippen LogP contribution < -0.4 is 26.6 Å². The van der Waals surface area contributed by atoms with Gasteiger partial charge in [0, 0.05) is 37.3 Å². The minimum atomic E-state index is -0.750. The number of primary amides is 1. The highest BCUT2D eigenvalue weighted by molar-refractivity contribution is 7.18. The maximum absolute atomic E-state index is 13.2. The molecule has 4 rings (SSSR count). The van der Waals surface area contributed by atoms with Gasteiger partial charge in [0.2, 0.25) is 17.7 Å². The van der Waals surface area contributed by atoms with Crippen molar-refractivity contribution < 1.29 is 38.2 Å². The van der Waals surface area contributed by atoms with E-state index in [0.29, 0.717) is 59.5 Å². The lowest BCUT2D eigenvalue weighted by Gasteiger charge is -2.27. The van der Waals surface area contributed by atoms with Gasteiger partial charge in [-0.25, -0.2) is 4.79 Å². The number of nitrogens with two attached hydrogens (primary N) is 2. The molecule has 45 heavy (non-hydrogen) atoms. The quantitative estimate of drug-likeness (QED) is 0.284. The molecular weight excluding hydrogens is 628 g/mol. The monoisotopic (exact) mass is 664 g/mol. The summed E-state index contributed by atoms with van der Waals surface area (Å²) in [6, 6.07) is 10.0. The van der Waals surface area contributed by atoms with E-state index in [-0.39, 0.29) is 50.4 Å². The van der Waals surface area contributed by atoms with E-state index in [1.54, 1.807) is 48.2 Å². The summed E-state index contributed by atoms with van der Waals surface area (Å²) < 4.78 is 11.1. The van der Waals surface area contributed by atoms with E-state index in [1.807, 2.05) is 0 Å². The van der Waals surface area contributed by atoms with Crippen molar-refractivity contribution in [3.8, 4) is 0 Å². The predicted octanol–water partition coefficient (Wildman–Crippen LogP) is 1.89. The second kappa shape index (κ2) is 17.4. The molecular formula is C29H37ClN6O8S. The van der Waals surface area contributed by atoms with E-state index in [4.69, 9.17) is 26.8 Å². The van der Waals surface area contributed by atoms with E-state index in [9.17, 15) is 28.8 Å². The van der Waals surface area contributed by atoms with Gasteiger partial charge in [-0.3, -0.25) is 33.8 Å². The lowest BCUT2D eigenvalue weighted by molar-refractivity contribution is -0.129. The van der Waals surface area contributed by atoms with Crippen molar-refractivity contribution in [3.63, 3.8) is 0 Å². The summed E-state index contributed by atoms with van der Waals surface area (Å²) in [6.07, 6.45) is 0.126. The molecule has 1 unspecified atom stereocenters. The predicted molar refractivity (Wildman–Crippen MR) is 168 cm³/mol. The maximum atomic E-state index is 13.2. The first-order valence-electron chi connectivity index (χ1n) is 14.3. The fraction of sp³-hybridized carbons (Fsp3) is 0.448. The Bertz CT molecular complexity index is 1370. The third-order valence-electron chi connectivity index (χ3n) is 6.72. The molecule has 0 spiro atoms. The molecule has 14 nitrogen and oxygen atoms in total. The number of cyclic esters (lactones) is 1. The second-order valence-electron chi connectivity index (χ2n) is 9.98. The Kier molecular flexibility index (Phi) is 13.7. The van der Waals surface area contributed by atoms with Crippen molar-refractivity contribution in [1.29, 1.82) is 0 Å². The van der Waals surface area contributed by atoms with Crippen LogP contribution in [0.25, 0.3) is 0 Å². The van der Waals surface area contributed by atoms with Gasteiger partial charge in [0.25, 0.3) is 11.8 Å². The SMILES string of the molecule is CCC(N)=O.NCC(=O)NCCCCC(=O)N(CC1CN(c2ccc(N3CCOCC3=O)cc2)C(=O)O1)C(=O)c1ccc(Cl)s1. The number of anilines is 2. The van der Waals surface area contributed by atoms with Crippen LogP contribution in [0.15, 0.2) is 36.4 Å². The number of carbonyl (C=O) groups excluding carboxylic acids is 6. The highest BCUT2D eigenvalue weighted by atomic mass is 35.5. The van der Waals surface area contributed by atoms with Gasteiger partial charge in [-0.15, -0.1) is 11.3 Å². The van der Waals surface area contributed by atoms with Crippen LogP contribution in [0.3, 0.4) is 0 Å². The van der Waals surface area contributed by atoms with Crippen LogP contribution in [0.1, 0.15) is 42.3 Å². The van der Waals surface area contributed by atoms with Gasteiger partial charge in [0.15, 0.2) is 0 Å². The highest BCUT2D eigenvalue weighted by Crippen LogP contribution is 2.27. The minimum absolute atomic E-state index is 0.0261. The number of morpholine rings is 1. The third-order valence-corrected chi connectivity index (χ3v) is 7.94. The standard InChI is InChI=1S/C26H30ClN5O7S.C3H7NO/c27-21-9-8-20(40-21)25(36)32(23(34)3-1-2-10-29-22(33)13-28)15-19-14-31(26(37)39-19)18-6-4-17(5-7-18)30-11-12-38-16-24(30)35;1-2-3(4)5/h4-9,19H,1-3,10-16,28H2,(H,29,33);2H2,1H3,(H2,4,5). The number of rotatable bonds is 12. The maximum Gasteiger partial charge on any atom is 0.414 e. The van der Waals surface area contributed by atoms with Gasteiger partial charge >= 0.3 is 6.09 Å². The summed E-state index contributed by atoms with van der Waals surface area (Å²) >= 11 is 7.06. The van der Waals surface area contributed by atoms with Crippen molar-refractivity contribution in [3.05, 3.63) is 45.6 Å². The number of hydrogen-bond donors (Lipinski definition) is 3. The molecule has 1 aromatic carbocycles. The first-order valence-corrected chi connectivity index (χ1v) is 15.5. The summed E-state index contributed by atoms with van der Waals surface area (Å²) in [4.78, 5) is 76.5. The van der Waals surface area contributed by atoms with Crippen LogP contribution in [-0.2, 0) is 28.7 Å². The van der Waals surface area contributed by atoms with Gasteiger partial charge in [-0.2, -0.15) is 0 Å². The Morgan fingerprint density at radius 1 is 1.07 bits per heavy atom. The largest absolute Gasteiger partial charge is 0.442 e. The summed E-state index contributed by atoms with van der Waals surface area (Å²) in [5.41, 5.74) is 11.2. The van der Waals surface area contributed by atoms with E-state index >= 15 is 0 Å². The summed E-state index contributed by atoms with van der Waals surface area (Å²) in [6.45, 7) is 2.90. The summed E-state index contributed by atoms with van der Waals surface area (Å²) in [5, 5.41) is 2.64. The normalized spacial score (nSPS) is 16.0. The molecule has 0 saturated carbocycles. The number of nitrogens with zero attached hydrogens (tertiary/aromatic N) is 3. The van der Waals surface area contributed by atoms with Gasteiger partial charge in [-0.1, -0.05) is 18.5 Å². The third kappa shape index (κ3) is 10.5. The van der Waals surface area contributed by atoms with Crippen LogP contribution in [0.5, 0.6) is 0 Å². The average Bonchev–Trinajstić information content (AvgIpc) is 3.64. The molecule has 244 valence electrons. The smallest absolute Gasteiger partial charge is 0.414 e. The molecule has 0 radical (unpaired) electrons. The number of benzene rings is 1. The zero-order chi connectivity index (χ0) is 32.9. The van der Waals surface area contributed by atoms with Gasteiger partial charge < -0.3 is 31.2 Å². The first-order chi connectivity index (χ1) is 21.5. The number of halogens is 1. The van der Waals surface area contributed by atoms with Crippen LogP contribution in [0.2, 0.25) is 4.34 Å². The molecule has 3 heterocycles. The molecule has 2 aliphatic rings. The number of carbonyl (C=O) groups is 6. The average molecular weight is 665 g/mol. The number of nitrogens with one attached hydrogen (secondary N) is 1. The van der Waals surface area contributed by atoms with Crippen molar-refractivity contribution in [2.75, 3.05) is 55.7 Å². The Morgan fingerprint density at radius 3 is 2.31 bits per heavy atom. The Labute approximate surface area is 269 Å². The zero-order valence-corrected chi connectivity index (χ0v) is 26.4. The zero-order valence-electron chi connectivity index (χ0n) is 24.9. The van der Waals surface area contributed by atoms with Crippen molar-refractivity contribution in [2.45, 2.75) is 38.7 Å². The molecule has 0 aliphatic carbocycles. The fourth-order valence-corrected chi connectivity index (χ4v) is 5.32. The Hall–Kier alpha value is -4.05. The van der Waals surface area contributed by atoms with Gasteiger partial charge in [0.05, 0.1) is 35.5 Å². The van der Waals surface area contributed by atoms with E-state index in [1.165, 1.54) is 4.90 Å². The number of ether oxygens (including phenoxy) is 2. The summed E-state index contributed by atoms with van der Waals surface area (Å²) in [7, 11) is 0. The molecule has 2 aromatic rings. The lowest BCUT2D eigenvalue weighted by Crippen LogP contribution is -2.43. The molecule has 0 bridgehead atoms. The molecule has 2 fully saturated rings. The van der Waals surface area contributed by atoms with Crippen molar-refractivity contribution in [1.82, 2.24) is 10.2 Å². The van der Waals surface area contributed by atoms with Crippen molar-refractivity contribution in [2.24, 2.45) is 11.5 Å². The number of thiophene rings is 1. The van der Waals surface area contributed by atoms with Crippen molar-refractivity contribution >= 4 is 69.9 Å². The lowest BCUT2D eigenvalue weighted by atomic mass is 10.2. The molecule has 2 aliphatic heterocycles. The molecule has 16 heteroatoms. The number of amides is 6. The highest BCUT2D eigenvalue weighted by Gasteiger charge is 2.36. The molecule has 1 atom stereocenters. The second-order valence-corrected chi connectivity index (χ2v) is 11.7. The van der Waals surface area contributed by atoms with Crippen LogP contribution in [0, 0.1) is 0 Å². The van der Waals surface area contributed by atoms with E-state index in [2.05, 4.69) is 11.1 Å². The topological polar surface area (TPSA) is 195 Å². The Balaban J connectivity index is 0.00000102. The van der Waals surface area contributed by atoms with Gasteiger partial charge in [0.1, 0.15) is 12.7 Å². The molecule has 5 N–H and O–H groups in total. The van der Waals surface area contributed by atoms with Gasteiger partial charge in [-0.05, 0) is 49.2 Å². The fourth-order valence-electron chi connectivity index (χ4n) is 4.33. The number of hydrogen-bond acceptors (Lipinski definition) is 10. The minimum Gasteiger partial charge on any atom is -0.442 e. The first kappa shape index (κ1) is 35.4. The number of imide groups is 1. The Morgan fingerprint density at radius 2 is 1.73 bits per heavy atom. The number of unbranched alkanes of at least 4 members (excludes halogenated alkanes) is 1. The van der Waals surface area contributed by atoms with Crippen LogP contribution >= 0.6 is 22.9 Å². The van der Waals surface area contributed by atoms with Crippen LogP contribution in [0.4, 0.5) is 16.2 Å². The van der Waals surface area contributed by atoms with Crippen LogP contribution in [-0.4, -0.2) is 92.6 Å². The molecule has 1 aromatic heterocycles. The van der Waals surface area contributed by atoms with E-state index in [0.717, 1.165) is 16.2 Å². The summed E-state index contributed by atoms with van der Waals surface area (Å²) in [5.74, 6) is -1.61.